The van der Waals surface area contributed by atoms with Crippen LogP contribution in [-0.4, -0.2) is 20.4 Å². The van der Waals surface area contributed by atoms with Gasteiger partial charge in [-0.3, -0.25) is 19.2 Å². The maximum Gasteiger partial charge on any atom is 0.278 e. The number of para-hydroxylation sites is 1. The third-order valence-electron chi connectivity index (χ3n) is 6.23. The lowest BCUT2D eigenvalue weighted by Gasteiger charge is -2.16. The number of hydrogen-bond donors (Lipinski definition) is 0. The number of hydrogen-bond acceptors (Lipinski definition) is 4. The van der Waals surface area contributed by atoms with Gasteiger partial charge in [0, 0.05) is 12.7 Å². The number of rotatable bonds is 4. The standard InChI is InChI=1S/C29H26N4O2S/c1-19-10-14-22(15-11-19)30-29-32(23-16-12-20(2)13-17-23)28(35)26(36-29)18-25-21(3)31(4)33(27(25)34)24-8-6-5-7-9-24/h5-18H,1-4H3/b26-18+,30-29?. The van der Waals surface area contributed by atoms with Crippen molar-refractivity contribution in [1.82, 2.24) is 9.36 Å². The normalized spacial score (nSPS) is 15.9. The van der Waals surface area contributed by atoms with Crippen LogP contribution in [0.25, 0.3) is 11.8 Å². The van der Waals surface area contributed by atoms with E-state index >= 15 is 0 Å². The number of carbonyl (C=O) groups excluding carboxylic acids is 1. The lowest BCUT2D eigenvalue weighted by molar-refractivity contribution is -0.113. The Kier molecular flexibility index (Phi) is 6.24. The highest BCUT2D eigenvalue weighted by Crippen LogP contribution is 2.37. The van der Waals surface area contributed by atoms with Gasteiger partial charge in [0.05, 0.1) is 27.5 Å². The van der Waals surface area contributed by atoms with Crippen LogP contribution in [0.15, 0.2) is 93.6 Å². The predicted octanol–water partition coefficient (Wildman–Crippen LogP) is 5.91. The first-order valence-corrected chi connectivity index (χ1v) is 12.4. The van der Waals surface area contributed by atoms with Crippen LogP contribution in [-0.2, 0) is 11.8 Å². The smallest absolute Gasteiger partial charge is 0.278 e. The van der Waals surface area contributed by atoms with Crippen molar-refractivity contribution < 1.29 is 4.79 Å². The molecule has 180 valence electrons. The molecule has 1 aliphatic heterocycles. The van der Waals surface area contributed by atoms with Crippen LogP contribution >= 0.6 is 11.8 Å². The Labute approximate surface area is 214 Å². The Hall–Kier alpha value is -4.10. The second-order valence-electron chi connectivity index (χ2n) is 8.79. The molecule has 7 heteroatoms. The zero-order valence-corrected chi connectivity index (χ0v) is 21.4. The minimum Gasteiger partial charge on any atom is -0.285 e. The van der Waals surface area contributed by atoms with Gasteiger partial charge in [0.2, 0.25) is 0 Å². The number of anilines is 1. The number of amidine groups is 1. The van der Waals surface area contributed by atoms with E-state index in [2.05, 4.69) is 0 Å². The van der Waals surface area contributed by atoms with E-state index < -0.39 is 0 Å². The highest BCUT2D eigenvalue weighted by atomic mass is 32.2. The van der Waals surface area contributed by atoms with Gasteiger partial charge < -0.3 is 0 Å². The molecule has 4 aromatic rings. The minimum absolute atomic E-state index is 0.173. The summed E-state index contributed by atoms with van der Waals surface area (Å²) in [5, 5.41) is 0.552. The zero-order valence-electron chi connectivity index (χ0n) is 20.6. The summed E-state index contributed by atoms with van der Waals surface area (Å²) in [6.07, 6.45) is 1.70. The molecule has 1 saturated heterocycles. The van der Waals surface area contributed by atoms with Gasteiger partial charge in [-0.1, -0.05) is 53.6 Å². The van der Waals surface area contributed by atoms with Gasteiger partial charge in [0.15, 0.2) is 5.17 Å². The Morgan fingerprint density at radius 1 is 0.778 bits per heavy atom. The third kappa shape index (κ3) is 4.33. The molecular formula is C29H26N4O2S. The largest absolute Gasteiger partial charge is 0.285 e. The van der Waals surface area contributed by atoms with E-state index in [1.807, 2.05) is 111 Å². The Morgan fingerprint density at radius 2 is 1.39 bits per heavy atom. The van der Waals surface area contributed by atoms with E-state index in [-0.39, 0.29) is 11.5 Å². The molecule has 1 aliphatic rings. The van der Waals surface area contributed by atoms with E-state index in [0.717, 1.165) is 33.9 Å². The molecule has 36 heavy (non-hydrogen) atoms. The third-order valence-corrected chi connectivity index (χ3v) is 7.20. The van der Waals surface area contributed by atoms with Crippen LogP contribution in [0, 0.1) is 20.8 Å². The molecule has 0 aliphatic carbocycles. The molecule has 0 unspecified atom stereocenters. The number of carbonyl (C=O) groups is 1. The monoisotopic (exact) mass is 494 g/mol. The van der Waals surface area contributed by atoms with Crippen molar-refractivity contribution in [3.8, 4) is 5.69 Å². The van der Waals surface area contributed by atoms with E-state index in [1.165, 1.54) is 11.8 Å². The van der Waals surface area contributed by atoms with E-state index in [4.69, 9.17) is 4.99 Å². The summed E-state index contributed by atoms with van der Waals surface area (Å²) in [7, 11) is 1.85. The molecule has 0 radical (unpaired) electrons. The number of benzene rings is 3. The highest BCUT2D eigenvalue weighted by molar-refractivity contribution is 8.19. The van der Waals surface area contributed by atoms with Crippen LogP contribution in [0.2, 0.25) is 0 Å². The summed E-state index contributed by atoms with van der Waals surface area (Å²) in [6.45, 7) is 5.91. The molecule has 3 aromatic carbocycles. The first-order chi connectivity index (χ1) is 17.3. The van der Waals surface area contributed by atoms with Crippen LogP contribution in [0.1, 0.15) is 22.4 Å². The molecule has 0 bridgehead atoms. The second-order valence-corrected chi connectivity index (χ2v) is 9.80. The number of aryl methyl sites for hydroxylation is 2. The molecule has 6 nitrogen and oxygen atoms in total. The molecule has 0 spiro atoms. The van der Waals surface area contributed by atoms with E-state index in [1.54, 1.807) is 15.7 Å². The Morgan fingerprint density at radius 3 is 2.03 bits per heavy atom. The molecule has 1 amide bonds. The van der Waals surface area contributed by atoms with E-state index in [0.29, 0.717) is 15.6 Å². The predicted molar refractivity (Wildman–Crippen MR) is 148 cm³/mol. The molecule has 0 saturated carbocycles. The first-order valence-electron chi connectivity index (χ1n) is 11.6. The summed E-state index contributed by atoms with van der Waals surface area (Å²) >= 11 is 1.28. The van der Waals surface area contributed by atoms with Crippen molar-refractivity contribution in [3.63, 3.8) is 0 Å². The Bertz CT molecular complexity index is 1560. The maximum atomic E-state index is 13.7. The summed E-state index contributed by atoms with van der Waals surface area (Å²) in [6, 6.07) is 25.1. The van der Waals surface area contributed by atoms with Crippen LogP contribution in [0.5, 0.6) is 0 Å². The lowest BCUT2D eigenvalue weighted by atomic mass is 10.2. The number of amides is 1. The van der Waals surface area contributed by atoms with E-state index in [9.17, 15) is 9.59 Å². The molecular weight excluding hydrogens is 468 g/mol. The number of thioether (sulfide) groups is 1. The average Bonchev–Trinajstić information content (AvgIpc) is 3.29. The van der Waals surface area contributed by atoms with Gasteiger partial charge in [-0.15, -0.1) is 0 Å². The molecule has 2 heterocycles. The van der Waals surface area contributed by atoms with Crippen molar-refractivity contribution in [2.24, 2.45) is 12.0 Å². The first kappa shape index (κ1) is 23.6. The van der Waals surface area contributed by atoms with Gasteiger partial charge >= 0.3 is 0 Å². The summed E-state index contributed by atoms with van der Waals surface area (Å²) in [5.41, 5.74) is 5.59. The number of aromatic nitrogens is 2. The quantitative estimate of drug-likeness (QED) is 0.332. The van der Waals surface area contributed by atoms with Crippen molar-refractivity contribution in [2.45, 2.75) is 20.8 Å². The molecule has 1 fully saturated rings. The fourth-order valence-corrected chi connectivity index (χ4v) is 5.07. The Balaban J connectivity index is 1.61. The maximum absolute atomic E-state index is 13.7. The van der Waals surface area contributed by atoms with Gasteiger partial charge in [-0.25, -0.2) is 9.67 Å². The SMILES string of the molecule is Cc1ccc(N=C2S/C(=C/c3c(C)n(C)n(-c4ccccc4)c3=O)C(=O)N2c2ccc(C)cc2)cc1. The lowest BCUT2D eigenvalue weighted by Crippen LogP contribution is -2.28. The zero-order chi connectivity index (χ0) is 25.4. The molecule has 1 aromatic heterocycles. The van der Waals surface area contributed by atoms with Gasteiger partial charge in [-0.2, -0.15) is 0 Å². The average molecular weight is 495 g/mol. The van der Waals surface area contributed by atoms with Gasteiger partial charge in [-0.05, 0) is 75.0 Å². The fraction of sp³-hybridized carbons (Fsp3) is 0.138. The fourth-order valence-electron chi connectivity index (χ4n) is 4.09. The summed E-state index contributed by atoms with van der Waals surface area (Å²) in [4.78, 5) is 34.0. The molecule has 0 N–H and O–H groups in total. The van der Waals surface area contributed by atoms with Crippen LogP contribution in [0.3, 0.4) is 0 Å². The van der Waals surface area contributed by atoms with Crippen molar-refractivity contribution in [3.05, 3.63) is 117 Å². The van der Waals surface area contributed by atoms with Gasteiger partial charge in [0.25, 0.3) is 11.5 Å². The topological polar surface area (TPSA) is 59.6 Å². The number of aliphatic imine (C=N–C) groups is 1. The summed E-state index contributed by atoms with van der Waals surface area (Å²) in [5.74, 6) is -0.205. The van der Waals surface area contributed by atoms with Crippen molar-refractivity contribution >= 4 is 40.3 Å². The van der Waals surface area contributed by atoms with Crippen LogP contribution < -0.4 is 10.5 Å². The van der Waals surface area contributed by atoms with Gasteiger partial charge in [0.1, 0.15) is 0 Å². The van der Waals surface area contributed by atoms with Crippen LogP contribution in [0.4, 0.5) is 11.4 Å². The number of nitrogens with zero attached hydrogens (tertiary/aromatic N) is 4. The van der Waals surface area contributed by atoms with Crippen molar-refractivity contribution in [2.75, 3.05) is 4.90 Å². The van der Waals surface area contributed by atoms with Crippen molar-refractivity contribution in [1.29, 1.82) is 0 Å². The second kappa shape index (κ2) is 9.51. The molecule has 0 atom stereocenters. The highest BCUT2D eigenvalue weighted by Gasteiger charge is 2.35. The molecule has 5 rings (SSSR count). The summed E-state index contributed by atoms with van der Waals surface area (Å²) < 4.78 is 3.43. The minimum atomic E-state index is -0.205.